The van der Waals surface area contributed by atoms with E-state index in [9.17, 15) is 14.4 Å². The van der Waals surface area contributed by atoms with Crippen molar-refractivity contribution in [2.24, 2.45) is 0 Å². The average Bonchev–Trinajstić information content (AvgIpc) is 2.28. The third kappa shape index (κ3) is 2.82. The van der Waals surface area contributed by atoms with E-state index in [0.717, 1.165) is 6.92 Å². The van der Waals surface area contributed by atoms with Crippen LogP contribution in [-0.4, -0.2) is 38.6 Å². The SMILES string of the molecule is CC(=O)NC(Cc1cccnc1)(C(=O)O)C(=O)O. The summed E-state index contributed by atoms with van der Waals surface area (Å²) in [6.45, 7) is 1.06. The Balaban J connectivity index is 3.14. The third-order valence-electron chi connectivity index (χ3n) is 2.31. The number of aromatic nitrogens is 1. The predicted octanol–water partition coefficient (Wildman–Crippen LogP) is -0.332. The zero-order chi connectivity index (χ0) is 13.8. The zero-order valence-corrected chi connectivity index (χ0v) is 9.58. The van der Waals surface area contributed by atoms with E-state index in [0.29, 0.717) is 5.56 Å². The molecule has 0 spiro atoms. The molecule has 1 aromatic rings. The number of nitrogens with one attached hydrogen (secondary N) is 1. The third-order valence-corrected chi connectivity index (χ3v) is 2.31. The van der Waals surface area contributed by atoms with Crippen LogP contribution in [0.15, 0.2) is 24.5 Å². The van der Waals surface area contributed by atoms with Gasteiger partial charge in [-0.15, -0.1) is 0 Å². The highest BCUT2D eigenvalue weighted by atomic mass is 16.4. The fraction of sp³-hybridized carbons (Fsp3) is 0.273. The Labute approximate surface area is 102 Å². The fourth-order valence-corrected chi connectivity index (χ4v) is 1.50. The highest BCUT2D eigenvalue weighted by molar-refractivity contribution is 6.06. The molecular formula is C11H12N2O5. The second-order valence-electron chi connectivity index (χ2n) is 3.73. The molecule has 0 saturated heterocycles. The summed E-state index contributed by atoms with van der Waals surface area (Å²) < 4.78 is 0. The van der Waals surface area contributed by atoms with Crippen LogP contribution in [0, 0.1) is 0 Å². The summed E-state index contributed by atoms with van der Waals surface area (Å²) >= 11 is 0. The van der Waals surface area contributed by atoms with Crippen molar-refractivity contribution in [1.82, 2.24) is 10.3 Å². The van der Waals surface area contributed by atoms with Gasteiger partial charge in [0.05, 0.1) is 0 Å². The first-order valence-electron chi connectivity index (χ1n) is 5.03. The van der Waals surface area contributed by atoms with Crippen LogP contribution in [0.3, 0.4) is 0 Å². The molecule has 96 valence electrons. The van der Waals surface area contributed by atoms with Crippen molar-refractivity contribution in [1.29, 1.82) is 0 Å². The van der Waals surface area contributed by atoms with E-state index in [2.05, 4.69) is 4.98 Å². The molecule has 1 aromatic heterocycles. The number of carbonyl (C=O) groups is 3. The molecule has 7 heteroatoms. The van der Waals surface area contributed by atoms with Gasteiger partial charge in [-0.2, -0.15) is 0 Å². The Kier molecular flexibility index (Phi) is 3.98. The molecule has 0 atom stereocenters. The molecule has 0 radical (unpaired) electrons. The lowest BCUT2D eigenvalue weighted by Gasteiger charge is -2.25. The molecule has 0 fully saturated rings. The molecule has 0 aromatic carbocycles. The average molecular weight is 252 g/mol. The van der Waals surface area contributed by atoms with Gasteiger partial charge in [-0.1, -0.05) is 6.07 Å². The van der Waals surface area contributed by atoms with Crippen LogP contribution in [-0.2, 0) is 20.8 Å². The topological polar surface area (TPSA) is 117 Å². The number of nitrogens with zero attached hydrogens (tertiary/aromatic N) is 1. The van der Waals surface area contributed by atoms with E-state index in [1.807, 2.05) is 5.32 Å². The Morgan fingerprint density at radius 3 is 2.33 bits per heavy atom. The molecule has 0 aliphatic rings. The lowest BCUT2D eigenvalue weighted by atomic mass is 9.91. The highest BCUT2D eigenvalue weighted by Crippen LogP contribution is 2.14. The van der Waals surface area contributed by atoms with Crippen molar-refractivity contribution >= 4 is 17.8 Å². The van der Waals surface area contributed by atoms with Crippen molar-refractivity contribution in [2.75, 3.05) is 0 Å². The fourth-order valence-electron chi connectivity index (χ4n) is 1.50. The first-order valence-corrected chi connectivity index (χ1v) is 5.03. The summed E-state index contributed by atoms with van der Waals surface area (Å²) in [5, 5.41) is 20.2. The Bertz CT molecular complexity index is 458. The van der Waals surface area contributed by atoms with Gasteiger partial charge in [0.2, 0.25) is 11.4 Å². The normalized spacial score (nSPS) is 10.7. The summed E-state index contributed by atoms with van der Waals surface area (Å²) in [6, 6.07) is 3.09. The molecule has 0 saturated carbocycles. The van der Waals surface area contributed by atoms with Crippen LogP contribution in [0.5, 0.6) is 0 Å². The van der Waals surface area contributed by atoms with Crippen molar-refractivity contribution in [3.05, 3.63) is 30.1 Å². The number of amides is 1. The molecule has 0 aliphatic heterocycles. The first kappa shape index (κ1) is 13.6. The Hall–Kier alpha value is -2.44. The molecule has 3 N–H and O–H groups in total. The van der Waals surface area contributed by atoms with Gasteiger partial charge in [0, 0.05) is 25.7 Å². The molecular weight excluding hydrogens is 240 g/mol. The highest BCUT2D eigenvalue weighted by Gasteiger charge is 2.47. The van der Waals surface area contributed by atoms with E-state index < -0.39 is 23.4 Å². The molecule has 18 heavy (non-hydrogen) atoms. The van der Waals surface area contributed by atoms with E-state index in [1.165, 1.54) is 18.5 Å². The predicted molar refractivity (Wildman–Crippen MR) is 59.8 cm³/mol. The lowest BCUT2D eigenvalue weighted by molar-refractivity contribution is -0.161. The number of aliphatic carboxylic acids is 2. The minimum Gasteiger partial charge on any atom is -0.479 e. The van der Waals surface area contributed by atoms with E-state index >= 15 is 0 Å². The van der Waals surface area contributed by atoms with Crippen molar-refractivity contribution < 1.29 is 24.6 Å². The molecule has 7 nitrogen and oxygen atoms in total. The van der Waals surface area contributed by atoms with Crippen molar-refractivity contribution in [3.63, 3.8) is 0 Å². The van der Waals surface area contributed by atoms with Gasteiger partial charge in [0.25, 0.3) is 0 Å². The van der Waals surface area contributed by atoms with Crippen molar-refractivity contribution in [2.45, 2.75) is 18.9 Å². The number of carbonyl (C=O) groups excluding carboxylic acids is 1. The second kappa shape index (κ2) is 5.26. The minimum atomic E-state index is -2.38. The molecule has 1 amide bonds. The van der Waals surface area contributed by atoms with Gasteiger partial charge in [0.15, 0.2) is 0 Å². The van der Waals surface area contributed by atoms with Gasteiger partial charge in [-0.05, 0) is 11.6 Å². The number of pyridine rings is 1. The maximum absolute atomic E-state index is 11.2. The molecule has 0 unspecified atom stereocenters. The van der Waals surface area contributed by atoms with E-state index in [-0.39, 0.29) is 6.42 Å². The number of rotatable bonds is 5. The maximum Gasteiger partial charge on any atom is 0.341 e. The number of hydrogen-bond acceptors (Lipinski definition) is 4. The number of hydrogen-bond donors (Lipinski definition) is 3. The lowest BCUT2D eigenvalue weighted by Crippen LogP contribution is -2.61. The van der Waals surface area contributed by atoms with E-state index in [4.69, 9.17) is 10.2 Å². The van der Waals surface area contributed by atoms with Gasteiger partial charge >= 0.3 is 11.9 Å². The summed E-state index contributed by atoms with van der Waals surface area (Å²) in [5.74, 6) is -3.99. The zero-order valence-electron chi connectivity index (χ0n) is 9.58. The standard InChI is InChI=1S/C11H12N2O5/c1-7(14)13-11(9(15)16,10(17)18)5-8-3-2-4-12-6-8/h2-4,6H,5H2,1H3,(H,13,14)(H,15,16)(H,17,18). The summed E-state index contributed by atoms with van der Waals surface area (Å²) in [7, 11) is 0. The van der Waals surface area contributed by atoms with Gasteiger partial charge in [0.1, 0.15) is 0 Å². The quantitative estimate of drug-likeness (QED) is 0.618. The van der Waals surface area contributed by atoms with Crippen LogP contribution in [0.2, 0.25) is 0 Å². The van der Waals surface area contributed by atoms with Crippen LogP contribution >= 0.6 is 0 Å². The summed E-state index contributed by atoms with van der Waals surface area (Å²) in [6.07, 6.45) is 2.44. The smallest absolute Gasteiger partial charge is 0.341 e. The summed E-state index contributed by atoms with van der Waals surface area (Å²) in [5.41, 5.74) is -1.98. The van der Waals surface area contributed by atoms with Gasteiger partial charge in [-0.3, -0.25) is 9.78 Å². The van der Waals surface area contributed by atoms with Crippen molar-refractivity contribution in [3.8, 4) is 0 Å². The van der Waals surface area contributed by atoms with Crippen LogP contribution in [0.25, 0.3) is 0 Å². The molecule has 0 aliphatic carbocycles. The number of carboxylic acids is 2. The Morgan fingerprint density at radius 1 is 1.33 bits per heavy atom. The van der Waals surface area contributed by atoms with Crippen LogP contribution in [0.4, 0.5) is 0 Å². The second-order valence-corrected chi connectivity index (χ2v) is 3.73. The van der Waals surface area contributed by atoms with E-state index in [1.54, 1.807) is 6.07 Å². The molecule has 1 heterocycles. The summed E-state index contributed by atoms with van der Waals surface area (Å²) in [4.78, 5) is 37.1. The van der Waals surface area contributed by atoms with Gasteiger partial charge in [-0.25, -0.2) is 9.59 Å². The maximum atomic E-state index is 11.2. The Morgan fingerprint density at radius 2 is 1.94 bits per heavy atom. The largest absolute Gasteiger partial charge is 0.479 e. The minimum absolute atomic E-state index is 0.384. The van der Waals surface area contributed by atoms with Crippen LogP contribution < -0.4 is 5.32 Å². The van der Waals surface area contributed by atoms with Gasteiger partial charge < -0.3 is 15.5 Å². The molecule has 1 rings (SSSR count). The van der Waals surface area contributed by atoms with Crippen LogP contribution in [0.1, 0.15) is 12.5 Å². The first-order chi connectivity index (χ1) is 8.38. The monoisotopic (exact) mass is 252 g/mol. The number of carboxylic acid groups (broad SMARTS) is 2. The molecule has 0 bridgehead atoms.